The van der Waals surface area contributed by atoms with Crippen LogP contribution in [-0.2, 0) is 13.0 Å². The molecule has 0 saturated carbocycles. The molecule has 1 amide bonds. The summed E-state index contributed by atoms with van der Waals surface area (Å²) in [5, 5.41) is 14.4. The van der Waals surface area contributed by atoms with E-state index >= 15 is 0 Å². The van der Waals surface area contributed by atoms with E-state index in [2.05, 4.69) is 30.1 Å². The van der Waals surface area contributed by atoms with E-state index in [1.165, 1.54) is 0 Å². The number of benzene rings is 2. The minimum absolute atomic E-state index is 0.0523. The van der Waals surface area contributed by atoms with Gasteiger partial charge in [0.25, 0.3) is 5.91 Å². The molecule has 188 valence electrons. The zero-order chi connectivity index (χ0) is 25.8. The lowest BCUT2D eigenvalue weighted by atomic mass is 10.00. The number of ether oxygens (including phenoxy) is 1. The normalized spacial score (nSPS) is 14.2. The average Bonchev–Trinajstić information content (AvgIpc) is 2.90. The number of amides is 1. The van der Waals surface area contributed by atoms with Crippen LogP contribution in [0.3, 0.4) is 0 Å². The number of nitrogens with zero attached hydrogens (tertiary/aromatic N) is 4. The largest absolute Gasteiger partial charge is 0.495 e. The van der Waals surface area contributed by atoms with Crippen molar-refractivity contribution in [1.29, 1.82) is 5.26 Å². The molecule has 1 N–H and O–H groups in total. The number of methoxy groups -OCH3 is 1. The molecule has 0 bridgehead atoms. The van der Waals surface area contributed by atoms with Crippen LogP contribution < -0.4 is 10.1 Å². The van der Waals surface area contributed by atoms with Crippen LogP contribution in [0.2, 0.25) is 5.02 Å². The first kappa shape index (κ1) is 25.7. The summed E-state index contributed by atoms with van der Waals surface area (Å²) >= 11 is 6.34. The van der Waals surface area contributed by atoms with Gasteiger partial charge in [-0.3, -0.25) is 14.7 Å². The van der Waals surface area contributed by atoms with Crippen LogP contribution in [0.5, 0.6) is 5.75 Å². The van der Waals surface area contributed by atoms with Gasteiger partial charge in [-0.1, -0.05) is 24.6 Å². The van der Waals surface area contributed by atoms with Crippen LogP contribution in [0.15, 0.2) is 36.5 Å². The Labute approximate surface area is 217 Å². The van der Waals surface area contributed by atoms with Gasteiger partial charge < -0.3 is 15.0 Å². The Hall–Kier alpha value is -3.34. The Morgan fingerprint density at radius 1 is 1.22 bits per heavy atom. The predicted octanol–water partition coefficient (Wildman–Crippen LogP) is 5.11. The first-order chi connectivity index (χ1) is 17.4. The summed E-state index contributed by atoms with van der Waals surface area (Å²) in [6, 6.07) is 12.0. The second-order valence-corrected chi connectivity index (χ2v) is 9.70. The maximum atomic E-state index is 13.7. The summed E-state index contributed by atoms with van der Waals surface area (Å²) in [7, 11) is 1.58. The van der Waals surface area contributed by atoms with Crippen molar-refractivity contribution < 1.29 is 9.53 Å². The number of hydrogen-bond donors (Lipinski definition) is 1. The van der Waals surface area contributed by atoms with Crippen molar-refractivity contribution in [2.75, 3.05) is 38.6 Å². The first-order valence-electron chi connectivity index (χ1n) is 12.3. The van der Waals surface area contributed by atoms with E-state index < -0.39 is 0 Å². The minimum Gasteiger partial charge on any atom is -0.495 e. The summed E-state index contributed by atoms with van der Waals surface area (Å²) in [4.78, 5) is 22.7. The number of fused-ring (bicyclic) bond motifs is 1. The number of carbonyl (C=O) groups is 1. The van der Waals surface area contributed by atoms with Gasteiger partial charge in [0, 0.05) is 50.3 Å². The maximum Gasteiger partial charge on any atom is 0.257 e. The van der Waals surface area contributed by atoms with Crippen molar-refractivity contribution >= 4 is 34.1 Å². The summed E-state index contributed by atoms with van der Waals surface area (Å²) < 4.78 is 5.27. The molecule has 8 heteroatoms. The summed E-state index contributed by atoms with van der Waals surface area (Å²) in [5.41, 5.74) is 4.47. The van der Waals surface area contributed by atoms with E-state index in [1.54, 1.807) is 13.3 Å². The summed E-state index contributed by atoms with van der Waals surface area (Å²) in [5.74, 6) is 0.556. The number of aromatic nitrogens is 1. The highest BCUT2D eigenvalue weighted by Gasteiger charge is 2.26. The number of halogens is 1. The molecule has 0 atom stereocenters. The lowest BCUT2D eigenvalue weighted by Crippen LogP contribution is -2.50. The smallest absolute Gasteiger partial charge is 0.257 e. The van der Waals surface area contributed by atoms with Gasteiger partial charge in [-0.2, -0.15) is 5.26 Å². The van der Waals surface area contributed by atoms with E-state index in [9.17, 15) is 10.1 Å². The molecule has 1 aliphatic rings. The minimum atomic E-state index is -0.0523. The monoisotopic (exact) mass is 505 g/mol. The van der Waals surface area contributed by atoms with E-state index in [4.69, 9.17) is 21.3 Å². The Morgan fingerprint density at radius 2 is 1.97 bits per heavy atom. The SMILES string of the molecule is CCc1cc(C#N)cc2c(NCc3ccc(OC)c(Cl)c3)c(C(=O)N3CCN(C(C)C)CC3)cnc12. The van der Waals surface area contributed by atoms with E-state index in [0.29, 0.717) is 53.3 Å². The van der Waals surface area contributed by atoms with E-state index in [-0.39, 0.29) is 5.91 Å². The van der Waals surface area contributed by atoms with Crippen LogP contribution >= 0.6 is 11.6 Å². The second kappa shape index (κ2) is 11.2. The van der Waals surface area contributed by atoms with Crippen molar-refractivity contribution in [1.82, 2.24) is 14.8 Å². The topological polar surface area (TPSA) is 81.5 Å². The third-order valence-corrected chi connectivity index (χ3v) is 7.10. The van der Waals surface area contributed by atoms with Crippen LogP contribution in [0.25, 0.3) is 10.9 Å². The van der Waals surface area contributed by atoms with Gasteiger partial charge in [0.15, 0.2) is 0 Å². The molecule has 0 spiro atoms. The Kier molecular flexibility index (Phi) is 7.97. The van der Waals surface area contributed by atoms with Gasteiger partial charge in [0.1, 0.15) is 5.75 Å². The molecule has 1 aliphatic heterocycles. The fourth-order valence-corrected chi connectivity index (χ4v) is 4.97. The highest BCUT2D eigenvalue weighted by molar-refractivity contribution is 6.32. The number of carbonyl (C=O) groups excluding carboxylic acids is 1. The molecule has 1 saturated heterocycles. The molecule has 36 heavy (non-hydrogen) atoms. The van der Waals surface area contributed by atoms with Gasteiger partial charge in [-0.15, -0.1) is 0 Å². The molecule has 0 unspecified atom stereocenters. The van der Waals surface area contributed by atoms with Gasteiger partial charge in [0.05, 0.1) is 40.5 Å². The highest BCUT2D eigenvalue weighted by atomic mass is 35.5. The molecule has 7 nitrogen and oxygen atoms in total. The third kappa shape index (κ3) is 5.25. The molecule has 0 aliphatic carbocycles. The zero-order valence-corrected chi connectivity index (χ0v) is 22.0. The van der Waals surface area contributed by atoms with Crippen molar-refractivity contribution in [2.24, 2.45) is 0 Å². The van der Waals surface area contributed by atoms with Gasteiger partial charge in [-0.05, 0) is 55.7 Å². The predicted molar refractivity (Wildman–Crippen MR) is 144 cm³/mol. The van der Waals surface area contributed by atoms with Crippen LogP contribution in [0, 0.1) is 11.3 Å². The maximum absolute atomic E-state index is 13.7. The number of aryl methyl sites for hydroxylation is 1. The number of piperazine rings is 1. The number of anilines is 1. The molecular formula is C28H32ClN5O2. The number of rotatable bonds is 7. The van der Waals surface area contributed by atoms with Gasteiger partial charge in [0.2, 0.25) is 0 Å². The number of hydrogen-bond acceptors (Lipinski definition) is 6. The second-order valence-electron chi connectivity index (χ2n) is 9.29. The first-order valence-corrected chi connectivity index (χ1v) is 12.7. The molecule has 2 heterocycles. The van der Waals surface area contributed by atoms with Crippen LogP contribution in [0.4, 0.5) is 5.69 Å². The molecule has 2 aromatic carbocycles. The molecular weight excluding hydrogens is 474 g/mol. The van der Waals surface area contributed by atoms with E-state index in [0.717, 1.165) is 41.5 Å². The summed E-state index contributed by atoms with van der Waals surface area (Å²) in [6.45, 7) is 9.86. The van der Waals surface area contributed by atoms with Crippen molar-refractivity contribution in [3.63, 3.8) is 0 Å². The van der Waals surface area contributed by atoms with Crippen molar-refractivity contribution in [3.05, 3.63) is 63.8 Å². The molecule has 0 radical (unpaired) electrons. The summed E-state index contributed by atoms with van der Waals surface area (Å²) in [6.07, 6.45) is 2.41. The Balaban J connectivity index is 1.74. The average molecular weight is 506 g/mol. The van der Waals surface area contributed by atoms with Gasteiger partial charge in [-0.25, -0.2) is 0 Å². The van der Waals surface area contributed by atoms with Crippen LogP contribution in [-0.4, -0.2) is 60.0 Å². The molecule has 1 fully saturated rings. The standard InChI is InChI=1S/C28H32ClN5O2/c1-5-21-12-20(15-30)13-22-26(21)32-17-23(28(35)34-10-8-33(9-11-34)18(2)3)27(22)31-16-19-6-7-25(36-4)24(29)14-19/h6-7,12-14,17-18H,5,8-11,16H2,1-4H3,(H,31,32). The van der Waals surface area contributed by atoms with E-state index in [1.807, 2.05) is 42.2 Å². The Morgan fingerprint density at radius 3 is 2.58 bits per heavy atom. The van der Waals surface area contributed by atoms with Crippen molar-refractivity contribution in [2.45, 2.75) is 39.8 Å². The third-order valence-electron chi connectivity index (χ3n) is 6.81. The highest BCUT2D eigenvalue weighted by Crippen LogP contribution is 2.32. The lowest BCUT2D eigenvalue weighted by molar-refractivity contribution is 0.0596. The zero-order valence-electron chi connectivity index (χ0n) is 21.3. The Bertz CT molecular complexity index is 1310. The lowest BCUT2D eigenvalue weighted by Gasteiger charge is -2.37. The number of pyridine rings is 1. The van der Waals surface area contributed by atoms with Gasteiger partial charge >= 0.3 is 0 Å². The van der Waals surface area contributed by atoms with Crippen LogP contribution in [0.1, 0.15) is 47.8 Å². The fourth-order valence-electron chi connectivity index (χ4n) is 4.69. The fraction of sp³-hybridized carbons (Fsp3) is 0.393. The molecule has 3 aromatic rings. The molecule has 1 aromatic heterocycles. The number of nitriles is 1. The quantitative estimate of drug-likeness (QED) is 0.480. The van der Waals surface area contributed by atoms with Crippen molar-refractivity contribution in [3.8, 4) is 11.8 Å². The molecule has 4 rings (SSSR count). The number of nitrogens with one attached hydrogen (secondary N) is 1.